The predicted molar refractivity (Wildman–Crippen MR) is 69.3 cm³/mol. The van der Waals surface area contributed by atoms with E-state index in [1.54, 1.807) is 0 Å². The molecule has 0 radical (unpaired) electrons. The summed E-state index contributed by atoms with van der Waals surface area (Å²) in [5, 5.41) is 9.94. The van der Waals surface area contributed by atoms with Crippen LogP contribution in [0, 0.1) is 5.92 Å². The van der Waals surface area contributed by atoms with Gasteiger partial charge in [-0.3, -0.25) is 0 Å². The van der Waals surface area contributed by atoms with Crippen molar-refractivity contribution in [1.82, 2.24) is 0 Å². The van der Waals surface area contributed by atoms with E-state index in [4.69, 9.17) is 4.74 Å². The molecule has 0 aromatic heterocycles. The van der Waals surface area contributed by atoms with Gasteiger partial charge in [0.25, 0.3) is 0 Å². The van der Waals surface area contributed by atoms with E-state index in [0.29, 0.717) is 5.92 Å². The van der Waals surface area contributed by atoms with Gasteiger partial charge in [-0.1, -0.05) is 19.9 Å². The van der Waals surface area contributed by atoms with E-state index in [2.05, 4.69) is 19.9 Å². The van der Waals surface area contributed by atoms with E-state index in [9.17, 15) is 5.11 Å². The molecule has 1 N–H and O–H groups in total. The van der Waals surface area contributed by atoms with Crippen LogP contribution in [0.4, 0.5) is 0 Å². The summed E-state index contributed by atoms with van der Waals surface area (Å²) in [6.07, 6.45) is 3.81. The molecule has 0 heterocycles. The van der Waals surface area contributed by atoms with Crippen LogP contribution in [-0.4, -0.2) is 11.7 Å². The second-order valence-electron chi connectivity index (χ2n) is 5.30. The zero-order valence-electron chi connectivity index (χ0n) is 10.8. The molecule has 0 amide bonds. The maximum atomic E-state index is 9.94. The van der Waals surface area contributed by atoms with Crippen LogP contribution in [0.3, 0.4) is 0 Å². The quantitative estimate of drug-likeness (QED) is 0.864. The highest BCUT2D eigenvalue weighted by atomic mass is 16.5. The van der Waals surface area contributed by atoms with Crippen LogP contribution in [0.2, 0.25) is 0 Å². The van der Waals surface area contributed by atoms with E-state index >= 15 is 0 Å². The summed E-state index contributed by atoms with van der Waals surface area (Å²) in [6, 6.07) is 6.14. The highest BCUT2D eigenvalue weighted by Crippen LogP contribution is 2.32. The Hall–Kier alpha value is -1.02. The second kappa shape index (κ2) is 5.54. The van der Waals surface area contributed by atoms with Crippen LogP contribution in [0.1, 0.15) is 50.3 Å². The molecule has 1 aromatic carbocycles. The summed E-state index contributed by atoms with van der Waals surface area (Å²) in [5.74, 6) is 1.56. The SMILES string of the molecule is CC(C)CCOc1ccc2c(c1)[C@@H](O)CCC2. The van der Waals surface area contributed by atoms with E-state index in [1.165, 1.54) is 5.56 Å². The molecule has 1 atom stereocenters. The van der Waals surface area contributed by atoms with Crippen molar-refractivity contribution >= 4 is 0 Å². The molecule has 2 nitrogen and oxygen atoms in total. The van der Waals surface area contributed by atoms with Crippen molar-refractivity contribution in [1.29, 1.82) is 0 Å². The van der Waals surface area contributed by atoms with Crippen LogP contribution in [0.25, 0.3) is 0 Å². The minimum Gasteiger partial charge on any atom is -0.494 e. The van der Waals surface area contributed by atoms with Gasteiger partial charge in [-0.05, 0) is 54.9 Å². The minimum absolute atomic E-state index is 0.299. The van der Waals surface area contributed by atoms with Crippen molar-refractivity contribution in [3.05, 3.63) is 29.3 Å². The molecule has 0 saturated carbocycles. The summed E-state index contributed by atoms with van der Waals surface area (Å²) >= 11 is 0. The number of hydrogen-bond acceptors (Lipinski definition) is 2. The van der Waals surface area contributed by atoms with Crippen LogP contribution in [-0.2, 0) is 6.42 Å². The fourth-order valence-electron chi connectivity index (χ4n) is 2.25. The lowest BCUT2D eigenvalue weighted by atomic mass is 9.89. The lowest BCUT2D eigenvalue weighted by Gasteiger charge is -2.22. The van der Waals surface area contributed by atoms with Gasteiger partial charge in [-0.2, -0.15) is 0 Å². The van der Waals surface area contributed by atoms with Crippen molar-refractivity contribution in [2.45, 2.75) is 45.6 Å². The van der Waals surface area contributed by atoms with Gasteiger partial charge < -0.3 is 9.84 Å². The minimum atomic E-state index is -0.299. The third-order valence-electron chi connectivity index (χ3n) is 3.36. The van der Waals surface area contributed by atoms with Gasteiger partial charge in [0.05, 0.1) is 12.7 Å². The first-order valence-corrected chi connectivity index (χ1v) is 6.60. The Bertz CT molecular complexity index is 371. The molecule has 0 bridgehead atoms. The van der Waals surface area contributed by atoms with Crippen molar-refractivity contribution < 1.29 is 9.84 Å². The van der Waals surface area contributed by atoms with Gasteiger partial charge in [0, 0.05) is 0 Å². The summed E-state index contributed by atoms with van der Waals surface area (Å²) in [4.78, 5) is 0. The van der Waals surface area contributed by atoms with E-state index < -0.39 is 0 Å². The fourth-order valence-corrected chi connectivity index (χ4v) is 2.25. The number of aliphatic hydroxyl groups is 1. The number of ether oxygens (including phenoxy) is 1. The van der Waals surface area contributed by atoms with Gasteiger partial charge in [0.15, 0.2) is 0 Å². The zero-order chi connectivity index (χ0) is 12.3. The number of fused-ring (bicyclic) bond motifs is 1. The first-order chi connectivity index (χ1) is 8.16. The van der Waals surface area contributed by atoms with Crippen molar-refractivity contribution in [2.75, 3.05) is 6.61 Å². The van der Waals surface area contributed by atoms with Crippen LogP contribution >= 0.6 is 0 Å². The molecule has 0 fully saturated rings. The Labute approximate surface area is 104 Å². The highest BCUT2D eigenvalue weighted by Gasteiger charge is 2.18. The predicted octanol–water partition coefficient (Wildman–Crippen LogP) is 3.48. The monoisotopic (exact) mass is 234 g/mol. The summed E-state index contributed by atoms with van der Waals surface area (Å²) in [7, 11) is 0. The molecule has 1 aliphatic rings. The highest BCUT2D eigenvalue weighted by molar-refractivity contribution is 5.38. The summed E-state index contributed by atoms with van der Waals surface area (Å²) < 4.78 is 5.72. The third kappa shape index (κ3) is 3.22. The van der Waals surface area contributed by atoms with Crippen molar-refractivity contribution in [3.63, 3.8) is 0 Å². The molecular formula is C15H22O2. The zero-order valence-corrected chi connectivity index (χ0v) is 10.8. The first-order valence-electron chi connectivity index (χ1n) is 6.60. The number of aryl methyl sites for hydroxylation is 1. The molecule has 1 aromatic rings. The first kappa shape index (κ1) is 12.4. The Morgan fingerprint density at radius 3 is 3.00 bits per heavy atom. The molecule has 2 heteroatoms. The second-order valence-corrected chi connectivity index (χ2v) is 5.30. The molecule has 1 aliphatic carbocycles. The lowest BCUT2D eigenvalue weighted by Crippen LogP contribution is -2.09. The Kier molecular flexibility index (Phi) is 4.06. The molecule has 94 valence electrons. The van der Waals surface area contributed by atoms with Gasteiger partial charge in [-0.25, -0.2) is 0 Å². The largest absolute Gasteiger partial charge is 0.494 e. The van der Waals surface area contributed by atoms with Gasteiger partial charge in [0.2, 0.25) is 0 Å². The fraction of sp³-hybridized carbons (Fsp3) is 0.600. The lowest BCUT2D eigenvalue weighted by molar-refractivity contribution is 0.156. The average molecular weight is 234 g/mol. The molecule has 17 heavy (non-hydrogen) atoms. The maximum Gasteiger partial charge on any atom is 0.119 e. The molecule has 0 saturated heterocycles. The van der Waals surface area contributed by atoms with Gasteiger partial charge >= 0.3 is 0 Å². The van der Waals surface area contributed by atoms with Crippen LogP contribution in [0.15, 0.2) is 18.2 Å². The van der Waals surface area contributed by atoms with E-state index in [0.717, 1.165) is 43.6 Å². The topological polar surface area (TPSA) is 29.5 Å². The Balaban J connectivity index is 2.02. The van der Waals surface area contributed by atoms with Crippen LogP contribution in [0.5, 0.6) is 5.75 Å². The molecule has 2 rings (SSSR count). The number of hydrogen-bond donors (Lipinski definition) is 1. The number of aliphatic hydroxyl groups excluding tert-OH is 1. The summed E-state index contributed by atoms with van der Waals surface area (Å²) in [5.41, 5.74) is 2.35. The number of benzene rings is 1. The van der Waals surface area contributed by atoms with E-state index in [-0.39, 0.29) is 6.10 Å². The molecular weight excluding hydrogens is 212 g/mol. The maximum absolute atomic E-state index is 9.94. The molecule has 0 aliphatic heterocycles. The Morgan fingerprint density at radius 2 is 2.24 bits per heavy atom. The average Bonchev–Trinajstić information content (AvgIpc) is 2.30. The smallest absolute Gasteiger partial charge is 0.119 e. The normalized spacial score (nSPS) is 19.2. The molecule has 0 spiro atoms. The summed E-state index contributed by atoms with van der Waals surface area (Å²) in [6.45, 7) is 5.15. The van der Waals surface area contributed by atoms with Gasteiger partial charge in [-0.15, -0.1) is 0 Å². The van der Waals surface area contributed by atoms with Crippen molar-refractivity contribution in [2.24, 2.45) is 5.92 Å². The standard InChI is InChI=1S/C15H22O2/c1-11(2)8-9-17-13-7-6-12-4-3-5-15(16)14(12)10-13/h6-7,10-11,15-16H,3-5,8-9H2,1-2H3/t15-/m0/s1. The number of rotatable bonds is 4. The Morgan fingerprint density at radius 1 is 1.41 bits per heavy atom. The van der Waals surface area contributed by atoms with Crippen molar-refractivity contribution in [3.8, 4) is 5.75 Å². The van der Waals surface area contributed by atoms with E-state index in [1.807, 2.05) is 12.1 Å². The molecule has 0 unspecified atom stereocenters. The van der Waals surface area contributed by atoms with Gasteiger partial charge in [0.1, 0.15) is 5.75 Å². The third-order valence-corrected chi connectivity index (χ3v) is 3.36. The van der Waals surface area contributed by atoms with Crippen LogP contribution < -0.4 is 4.74 Å².